The van der Waals surface area contributed by atoms with E-state index in [1.165, 1.54) is 0 Å². The average Bonchev–Trinajstić information content (AvgIpc) is 2.58. The molecule has 0 aliphatic carbocycles. The van der Waals surface area contributed by atoms with Crippen LogP contribution in [0, 0.1) is 11.6 Å². The molecule has 25 heavy (non-hydrogen) atoms. The first-order chi connectivity index (χ1) is 12.0. The number of hydrogen-bond donors (Lipinski definition) is 2. The highest BCUT2D eigenvalue weighted by Crippen LogP contribution is 2.12. The molecule has 2 rings (SSSR count). The molecule has 0 bridgehead atoms. The van der Waals surface area contributed by atoms with Crippen LogP contribution in [-0.2, 0) is 11.2 Å². The zero-order valence-corrected chi connectivity index (χ0v) is 13.5. The fourth-order valence-corrected chi connectivity index (χ4v) is 2.36. The molecule has 1 atom stereocenters. The Bertz CT molecular complexity index is 735. The highest BCUT2D eigenvalue weighted by Gasteiger charge is 2.15. The van der Waals surface area contributed by atoms with E-state index in [0.717, 1.165) is 17.7 Å². The van der Waals surface area contributed by atoms with Crippen molar-refractivity contribution < 1.29 is 23.5 Å². The molecule has 0 heterocycles. The van der Waals surface area contributed by atoms with Gasteiger partial charge < -0.3 is 10.4 Å². The Kier molecular flexibility index (Phi) is 6.77. The van der Waals surface area contributed by atoms with Gasteiger partial charge in [0.05, 0.1) is 11.7 Å². The summed E-state index contributed by atoms with van der Waals surface area (Å²) in [5.74, 6) is -2.69. The minimum absolute atomic E-state index is 0.0623. The van der Waals surface area contributed by atoms with Crippen LogP contribution >= 0.6 is 0 Å². The van der Waals surface area contributed by atoms with Crippen LogP contribution in [0.15, 0.2) is 48.5 Å². The van der Waals surface area contributed by atoms with E-state index in [2.05, 4.69) is 5.32 Å². The molecule has 2 N–H and O–H groups in total. The van der Waals surface area contributed by atoms with Crippen molar-refractivity contribution in [3.05, 3.63) is 71.3 Å². The standard InChI is InChI=1S/C19H19F2NO3/c20-14-6-7-16(17(21)11-14)18(24)8-9-19(25)22-12-15(23)10-13-4-2-1-3-5-13/h1-7,11,15,23H,8-10,12H2,(H,22,25). The van der Waals surface area contributed by atoms with Crippen LogP contribution < -0.4 is 5.32 Å². The molecule has 0 saturated carbocycles. The zero-order valence-electron chi connectivity index (χ0n) is 13.5. The molecule has 0 fully saturated rings. The number of halogens is 2. The SMILES string of the molecule is O=C(CCC(=O)c1ccc(F)cc1F)NCC(O)Cc1ccccc1. The molecule has 2 aromatic carbocycles. The summed E-state index contributed by atoms with van der Waals surface area (Å²) in [7, 11) is 0. The van der Waals surface area contributed by atoms with E-state index in [4.69, 9.17) is 0 Å². The van der Waals surface area contributed by atoms with Crippen LogP contribution in [0.2, 0.25) is 0 Å². The number of benzene rings is 2. The number of ketones is 1. The lowest BCUT2D eigenvalue weighted by Gasteiger charge is -2.12. The quantitative estimate of drug-likeness (QED) is 0.722. The summed E-state index contributed by atoms with van der Waals surface area (Å²) in [6, 6.07) is 12.0. The van der Waals surface area contributed by atoms with Crippen LogP contribution in [0.1, 0.15) is 28.8 Å². The van der Waals surface area contributed by atoms with Gasteiger partial charge in [0.15, 0.2) is 5.78 Å². The van der Waals surface area contributed by atoms with Gasteiger partial charge in [0.1, 0.15) is 11.6 Å². The lowest BCUT2D eigenvalue weighted by molar-refractivity contribution is -0.121. The van der Waals surface area contributed by atoms with Crippen LogP contribution in [0.4, 0.5) is 8.78 Å². The third-order valence-corrected chi connectivity index (χ3v) is 3.66. The fraction of sp³-hybridized carbons (Fsp3) is 0.263. The molecular weight excluding hydrogens is 328 g/mol. The molecule has 2 aromatic rings. The molecule has 132 valence electrons. The predicted octanol–water partition coefficient (Wildman–Crippen LogP) is 2.65. The Balaban J connectivity index is 1.74. The Morgan fingerprint density at radius 1 is 1.04 bits per heavy atom. The van der Waals surface area contributed by atoms with E-state index >= 15 is 0 Å². The Labute approximate surface area is 144 Å². The molecule has 0 aliphatic rings. The number of carbonyl (C=O) groups excluding carboxylic acids is 2. The largest absolute Gasteiger partial charge is 0.391 e. The summed E-state index contributed by atoms with van der Waals surface area (Å²) in [4.78, 5) is 23.6. The maximum atomic E-state index is 13.5. The smallest absolute Gasteiger partial charge is 0.220 e. The van der Waals surface area contributed by atoms with Gasteiger partial charge in [0.25, 0.3) is 0 Å². The maximum Gasteiger partial charge on any atom is 0.220 e. The van der Waals surface area contributed by atoms with Crippen molar-refractivity contribution in [3.8, 4) is 0 Å². The third kappa shape index (κ3) is 6.08. The number of nitrogens with one attached hydrogen (secondary N) is 1. The van der Waals surface area contributed by atoms with Crippen molar-refractivity contribution in [3.63, 3.8) is 0 Å². The van der Waals surface area contributed by atoms with Crippen LogP contribution in [0.3, 0.4) is 0 Å². The molecule has 1 unspecified atom stereocenters. The minimum Gasteiger partial charge on any atom is -0.391 e. The predicted molar refractivity (Wildman–Crippen MR) is 89.1 cm³/mol. The van der Waals surface area contributed by atoms with Crippen molar-refractivity contribution >= 4 is 11.7 Å². The first-order valence-corrected chi connectivity index (χ1v) is 7.92. The lowest BCUT2D eigenvalue weighted by atomic mass is 10.1. The monoisotopic (exact) mass is 347 g/mol. The highest BCUT2D eigenvalue weighted by atomic mass is 19.1. The number of rotatable bonds is 8. The Morgan fingerprint density at radius 3 is 2.44 bits per heavy atom. The molecular formula is C19H19F2NO3. The van der Waals surface area contributed by atoms with Gasteiger partial charge in [0.2, 0.25) is 5.91 Å². The first-order valence-electron chi connectivity index (χ1n) is 7.92. The van der Waals surface area contributed by atoms with Gasteiger partial charge in [-0.1, -0.05) is 30.3 Å². The van der Waals surface area contributed by atoms with Gasteiger partial charge in [-0.15, -0.1) is 0 Å². The van der Waals surface area contributed by atoms with Crippen LogP contribution in [0.5, 0.6) is 0 Å². The molecule has 0 aromatic heterocycles. The van der Waals surface area contributed by atoms with Gasteiger partial charge in [-0.25, -0.2) is 8.78 Å². The lowest BCUT2D eigenvalue weighted by Crippen LogP contribution is -2.33. The summed E-state index contributed by atoms with van der Waals surface area (Å²) in [5, 5.41) is 12.4. The Morgan fingerprint density at radius 2 is 1.76 bits per heavy atom. The number of aliphatic hydroxyl groups excluding tert-OH is 1. The van der Waals surface area contributed by atoms with E-state index in [-0.39, 0.29) is 24.9 Å². The van der Waals surface area contributed by atoms with E-state index in [9.17, 15) is 23.5 Å². The number of amides is 1. The normalized spacial score (nSPS) is 11.8. The minimum atomic E-state index is -0.941. The third-order valence-electron chi connectivity index (χ3n) is 3.66. The number of Topliss-reactive ketones (excluding diaryl/α,β-unsaturated/α-hetero) is 1. The summed E-state index contributed by atoms with van der Waals surface area (Å²) < 4.78 is 26.3. The van der Waals surface area contributed by atoms with Crippen molar-refractivity contribution in [1.82, 2.24) is 5.32 Å². The topological polar surface area (TPSA) is 66.4 Å². The second-order valence-electron chi connectivity index (χ2n) is 5.69. The molecule has 4 nitrogen and oxygen atoms in total. The van der Waals surface area contributed by atoms with Gasteiger partial charge in [0, 0.05) is 31.9 Å². The van der Waals surface area contributed by atoms with Crippen LogP contribution in [0.25, 0.3) is 0 Å². The molecule has 0 radical (unpaired) electrons. The molecule has 1 amide bonds. The number of carbonyl (C=O) groups is 2. The summed E-state index contributed by atoms with van der Waals surface area (Å²) in [6.45, 7) is 0.0623. The first kappa shape index (κ1) is 18.7. The van der Waals surface area contributed by atoms with Gasteiger partial charge in [-0.3, -0.25) is 9.59 Å². The van der Waals surface area contributed by atoms with Gasteiger partial charge in [-0.05, 0) is 17.7 Å². The van der Waals surface area contributed by atoms with Crippen LogP contribution in [-0.4, -0.2) is 29.4 Å². The summed E-state index contributed by atoms with van der Waals surface area (Å²) in [5.41, 5.74) is 0.713. The van der Waals surface area contributed by atoms with Crippen molar-refractivity contribution in [2.75, 3.05) is 6.54 Å². The number of hydrogen-bond acceptors (Lipinski definition) is 3. The van der Waals surface area contributed by atoms with Gasteiger partial charge in [-0.2, -0.15) is 0 Å². The summed E-state index contributed by atoms with van der Waals surface area (Å²) >= 11 is 0. The van der Waals surface area contributed by atoms with E-state index in [0.29, 0.717) is 12.5 Å². The van der Waals surface area contributed by atoms with E-state index < -0.39 is 29.4 Å². The average molecular weight is 347 g/mol. The molecule has 0 saturated heterocycles. The second kappa shape index (κ2) is 9.03. The summed E-state index contributed by atoms with van der Waals surface area (Å²) in [6.07, 6.45) is -0.658. The van der Waals surface area contributed by atoms with Crippen molar-refractivity contribution in [2.45, 2.75) is 25.4 Å². The van der Waals surface area contributed by atoms with Gasteiger partial charge >= 0.3 is 0 Å². The van der Waals surface area contributed by atoms with Crippen molar-refractivity contribution in [1.29, 1.82) is 0 Å². The van der Waals surface area contributed by atoms with E-state index in [1.54, 1.807) is 0 Å². The van der Waals surface area contributed by atoms with E-state index in [1.807, 2.05) is 30.3 Å². The molecule has 0 spiro atoms. The Hall–Kier alpha value is -2.60. The molecule has 0 aliphatic heterocycles. The molecule has 6 heteroatoms. The maximum absolute atomic E-state index is 13.5. The highest BCUT2D eigenvalue weighted by molar-refractivity contribution is 5.98. The zero-order chi connectivity index (χ0) is 18.2. The van der Waals surface area contributed by atoms with Crippen molar-refractivity contribution in [2.24, 2.45) is 0 Å². The fourth-order valence-electron chi connectivity index (χ4n) is 2.36. The second-order valence-corrected chi connectivity index (χ2v) is 5.69. The number of aliphatic hydroxyl groups is 1.